The number of aromatic nitrogens is 2. The SMILES string of the molecule is CC1(C)c2ccccc2N(c2ccccn2)c2cc(-c3ccc4c(C(F)(F)F)ccc(S)c4n3)ccc21. The summed E-state index contributed by atoms with van der Waals surface area (Å²) < 4.78 is 40.8. The number of para-hydroxylation sites is 1. The lowest BCUT2D eigenvalue weighted by atomic mass is 9.73. The van der Waals surface area contributed by atoms with Crippen LogP contribution in [0.3, 0.4) is 0 Å². The van der Waals surface area contributed by atoms with Crippen LogP contribution in [-0.4, -0.2) is 9.97 Å². The van der Waals surface area contributed by atoms with Gasteiger partial charge in [0.2, 0.25) is 0 Å². The summed E-state index contributed by atoms with van der Waals surface area (Å²) in [5, 5.41) is 0.0342. The quantitative estimate of drug-likeness (QED) is 0.239. The Balaban J connectivity index is 1.57. The summed E-state index contributed by atoms with van der Waals surface area (Å²) >= 11 is 4.40. The number of rotatable bonds is 2. The molecule has 3 nitrogen and oxygen atoms in total. The zero-order valence-corrected chi connectivity index (χ0v) is 21.0. The molecule has 0 atom stereocenters. The van der Waals surface area contributed by atoms with E-state index in [1.54, 1.807) is 12.3 Å². The molecule has 0 fully saturated rings. The van der Waals surface area contributed by atoms with Gasteiger partial charge in [-0.2, -0.15) is 13.2 Å². The Morgan fingerprint density at radius 2 is 1.57 bits per heavy atom. The monoisotopic (exact) mass is 513 g/mol. The number of nitrogens with zero attached hydrogens (tertiary/aromatic N) is 3. The van der Waals surface area contributed by atoms with Crippen molar-refractivity contribution >= 4 is 40.7 Å². The number of hydrogen-bond acceptors (Lipinski definition) is 4. The Morgan fingerprint density at radius 1 is 0.811 bits per heavy atom. The van der Waals surface area contributed by atoms with Crippen molar-refractivity contribution in [1.29, 1.82) is 0 Å². The van der Waals surface area contributed by atoms with E-state index in [0.29, 0.717) is 10.6 Å². The van der Waals surface area contributed by atoms with Gasteiger partial charge in [-0.25, -0.2) is 9.97 Å². The summed E-state index contributed by atoms with van der Waals surface area (Å²) in [6.07, 6.45) is -2.71. The molecular formula is C30H22F3N3S. The van der Waals surface area contributed by atoms with Crippen molar-refractivity contribution in [3.8, 4) is 11.3 Å². The molecule has 3 heterocycles. The van der Waals surface area contributed by atoms with Gasteiger partial charge in [0.05, 0.1) is 28.1 Å². The molecule has 0 saturated heterocycles. The minimum Gasteiger partial charge on any atom is -0.294 e. The Morgan fingerprint density at radius 3 is 2.32 bits per heavy atom. The smallest absolute Gasteiger partial charge is 0.294 e. The molecular weight excluding hydrogens is 491 g/mol. The van der Waals surface area contributed by atoms with Gasteiger partial charge in [0.15, 0.2) is 0 Å². The fourth-order valence-corrected chi connectivity index (χ4v) is 5.46. The molecule has 2 aromatic heterocycles. The topological polar surface area (TPSA) is 29.0 Å². The molecule has 0 saturated carbocycles. The van der Waals surface area contributed by atoms with Crippen LogP contribution in [0.1, 0.15) is 30.5 Å². The lowest BCUT2D eigenvalue weighted by molar-refractivity contribution is -0.136. The van der Waals surface area contributed by atoms with Gasteiger partial charge in [0.25, 0.3) is 0 Å². The predicted octanol–water partition coefficient (Wildman–Crippen LogP) is 8.71. The van der Waals surface area contributed by atoms with Crippen molar-refractivity contribution in [2.75, 3.05) is 4.90 Å². The standard InChI is InChI=1S/C30H22F3N3S/c1-29(2)21-7-3-4-8-24(21)36(27-9-5-6-16-34-27)25-17-18(10-12-22(25)29)23-14-11-19-20(30(31,32)33)13-15-26(37)28(19)35-23/h3-17,37H,1-2H3. The van der Waals surface area contributed by atoms with E-state index in [1.807, 2.05) is 42.5 Å². The zero-order chi connectivity index (χ0) is 25.9. The fourth-order valence-electron chi connectivity index (χ4n) is 5.22. The number of pyridine rings is 2. The number of anilines is 3. The second kappa shape index (κ2) is 8.35. The summed E-state index contributed by atoms with van der Waals surface area (Å²) in [6.45, 7) is 4.39. The minimum atomic E-state index is -4.48. The summed E-state index contributed by atoms with van der Waals surface area (Å²) in [5.41, 5.74) is 4.90. The number of fused-ring (bicyclic) bond motifs is 3. The number of benzene rings is 3. The molecule has 0 unspecified atom stereocenters. The van der Waals surface area contributed by atoms with Crippen molar-refractivity contribution in [1.82, 2.24) is 9.97 Å². The highest BCUT2D eigenvalue weighted by molar-refractivity contribution is 7.80. The Bertz CT molecular complexity index is 1660. The maximum Gasteiger partial charge on any atom is 0.417 e. The molecule has 1 aliphatic heterocycles. The second-order valence-electron chi connectivity index (χ2n) is 9.62. The molecule has 0 spiro atoms. The van der Waals surface area contributed by atoms with E-state index in [9.17, 15) is 13.2 Å². The van der Waals surface area contributed by atoms with Crippen LogP contribution in [0.5, 0.6) is 0 Å². The van der Waals surface area contributed by atoms with Gasteiger partial charge in [0.1, 0.15) is 5.82 Å². The largest absolute Gasteiger partial charge is 0.417 e. The van der Waals surface area contributed by atoms with Gasteiger partial charge in [-0.3, -0.25) is 4.90 Å². The van der Waals surface area contributed by atoms with Crippen molar-refractivity contribution in [3.05, 3.63) is 108 Å². The molecule has 0 amide bonds. The third kappa shape index (κ3) is 3.76. The number of halogens is 3. The number of thiol groups is 1. The van der Waals surface area contributed by atoms with Crippen LogP contribution in [-0.2, 0) is 11.6 Å². The highest BCUT2D eigenvalue weighted by Gasteiger charge is 2.37. The number of hydrogen-bond donors (Lipinski definition) is 1. The van der Waals surface area contributed by atoms with E-state index in [4.69, 9.17) is 0 Å². The van der Waals surface area contributed by atoms with Crippen LogP contribution in [0.2, 0.25) is 0 Å². The predicted molar refractivity (Wildman–Crippen MR) is 144 cm³/mol. The van der Waals surface area contributed by atoms with Crippen molar-refractivity contribution in [2.45, 2.75) is 30.3 Å². The molecule has 0 N–H and O–H groups in total. The molecule has 3 aromatic carbocycles. The molecule has 7 heteroatoms. The molecule has 184 valence electrons. The van der Waals surface area contributed by atoms with E-state index in [-0.39, 0.29) is 16.3 Å². The van der Waals surface area contributed by atoms with Gasteiger partial charge in [-0.15, -0.1) is 12.6 Å². The van der Waals surface area contributed by atoms with Gasteiger partial charge >= 0.3 is 6.18 Å². The summed E-state index contributed by atoms with van der Waals surface area (Å²) in [7, 11) is 0. The van der Waals surface area contributed by atoms with Crippen molar-refractivity contribution < 1.29 is 13.2 Å². The number of alkyl halides is 3. The van der Waals surface area contributed by atoms with Gasteiger partial charge in [-0.05, 0) is 59.7 Å². The summed E-state index contributed by atoms with van der Waals surface area (Å²) in [5.74, 6) is 0.780. The first-order valence-corrected chi connectivity index (χ1v) is 12.3. The maximum absolute atomic E-state index is 13.6. The third-order valence-corrected chi connectivity index (χ3v) is 7.41. The average Bonchev–Trinajstić information content (AvgIpc) is 2.89. The van der Waals surface area contributed by atoms with E-state index in [0.717, 1.165) is 34.4 Å². The van der Waals surface area contributed by atoms with Gasteiger partial charge in [-0.1, -0.05) is 50.2 Å². The van der Waals surface area contributed by atoms with Crippen LogP contribution in [0.15, 0.2) is 96.0 Å². The Labute approximate surface area is 218 Å². The van der Waals surface area contributed by atoms with Crippen LogP contribution in [0, 0.1) is 0 Å². The zero-order valence-electron chi connectivity index (χ0n) is 20.1. The highest BCUT2D eigenvalue weighted by Crippen LogP contribution is 2.52. The molecule has 6 rings (SSSR count). The molecule has 0 aliphatic carbocycles. The van der Waals surface area contributed by atoms with E-state index in [1.165, 1.54) is 17.7 Å². The third-order valence-electron chi connectivity index (χ3n) is 7.05. The maximum atomic E-state index is 13.6. The average molecular weight is 514 g/mol. The molecule has 37 heavy (non-hydrogen) atoms. The molecule has 5 aromatic rings. The van der Waals surface area contributed by atoms with E-state index < -0.39 is 11.7 Å². The Hall–Kier alpha value is -3.84. The van der Waals surface area contributed by atoms with E-state index >= 15 is 0 Å². The molecule has 0 radical (unpaired) electrons. The van der Waals surface area contributed by atoms with Crippen molar-refractivity contribution in [2.24, 2.45) is 0 Å². The lowest BCUT2D eigenvalue weighted by Crippen LogP contribution is -2.30. The van der Waals surface area contributed by atoms with Crippen LogP contribution >= 0.6 is 12.6 Å². The van der Waals surface area contributed by atoms with Crippen LogP contribution in [0.25, 0.3) is 22.2 Å². The minimum absolute atomic E-state index is 0.0342. The van der Waals surface area contributed by atoms with Crippen molar-refractivity contribution in [3.63, 3.8) is 0 Å². The molecule has 1 aliphatic rings. The first-order chi connectivity index (χ1) is 17.7. The van der Waals surface area contributed by atoms with Crippen LogP contribution < -0.4 is 4.90 Å². The first-order valence-electron chi connectivity index (χ1n) is 11.8. The Kier molecular flexibility index (Phi) is 5.31. The van der Waals surface area contributed by atoms with Gasteiger partial charge < -0.3 is 0 Å². The lowest BCUT2D eigenvalue weighted by Gasteiger charge is -2.41. The van der Waals surface area contributed by atoms with Crippen LogP contribution in [0.4, 0.5) is 30.4 Å². The first kappa shape index (κ1) is 23.6. The fraction of sp³-hybridized carbons (Fsp3) is 0.133. The second-order valence-corrected chi connectivity index (χ2v) is 10.1. The molecule has 0 bridgehead atoms. The normalized spacial score (nSPS) is 14.4. The summed E-state index contributed by atoms with van der Waals surface area (Å²) in [6, 6.07) is 25.7. The van der Waals surface area contributed by atoms with Gasteiger partial charge in [0, 0.05) is 27.5 Å². The highest BCUT2D eigenvalue weighted by atomic mass is 32.1. The van der Waals surface area contributed by atoms with E-state index in [2.05, 4.69) is 59.5 Å². The summed E-state index contributed by atoms with van der Waals surface area (Å²) in [4.78, 5) is 11.8.